The van der Waals surface area contributed by atoms with Crippen LogP contribution >= 0.6 is 0 Å². The van der Waals surface area contributed by atoms with Gasteiger partial charge in [-0.25, -0.2) is 0 Å². The van der Waals surface area contributed by atoms with Gasteiger partial charge in [-0.2, -0.15) is 0 Å². The van der Waals surface area contributed by atoms with Crippen molar-refractivity contribution in [1.82, 2.24) is 4.90 Å². The Hall–Kier alpha value is -1.75. The Morgan fingerprint density at radius 1 is 1.06 bits per heavy atom. The smallest absolute Gasteiger partial charge is 0.198 e. The molecule has 1 heterocycles. The number of piperidine rings is 1. The predicted molar refractivity (Wildman–Crippen MR) is 134 cm³/mol. The van der Waals surface area contributed by atoms with E-state index in [4.69, 9.17) is 15.5 Å². The van der Waals surface area contributed by atoms with Gasteiger partial charge in [-0.1, -0.05) is 58.8 Å². The molecule has 3 N–H and O–H groups in total. The van der Waals surface area contributed by atoms with Crippen molar-refractivity contribution in [2.75, 3.05) is 38.1 Å². The fraction of sp³-hybridized carbons (Fsp3) is 0.731. The van der Waals surface area contributed by atoms with Crippen molar-refractivity contribution in [3.8, 4) is 5.75 Å². The van der Waals surface area contributed by atoms with E-state index in [9.17, 15) is 0 Å². The Morgan fingerprint density at radius 3 is 2.45 bits per heavy atom. The fourth-order valence-corrected chi connectivity index (χ4v) is 4.07. The number of likely N-dealkylation sites (tertiary alicyclic amines) is 1. The van der Waals surface area contributed by atoms with E-state index in [1.807, 2.05) is 0 Å². The van der Waals surface area contributed by atoms with Crippen LogP contribution in [-0.4, -0.2) is 43.6 Å². The molecule has 1 aromatic rings. The van der Waals surface area contributed by atoms with Crippen molar-refractivity contribution in [2.24, 2.45) is 16.6 Å². The van der Waals surface area contributed by atoms with E-state index >= 15 is 0 Å². The van der Waals surface area contributed by atoms with Gasteiger partial charge >= 0.3 is 0 Å². The first-order valence-electron chi connectivity index (χ1n) is 12.7. The summed E-state index contributed by atoms with van der Waals surface area (Å²) < 4.78 is 5.94. The first-order chi connectivity index (χ1) is 15.2. The minimum atomic E-state index is 0.679. The Bertz CT molecular complexity index is 602. The third kappa shape index (κ3) is 10.9. The van der Waals surface area contributed by atoms with Crippen LogP contribution in [0.4, 0.5) is 5.69 Å². The van der Waals surface area contributed by atoms with Gasteiger partial charge in [0.05, 0.1) is 6.61 Å². The number of ether oxygens (including phenoxy) is 1. The zero-order valence-corrected chi connectivity index (χ0v) is 20.1. The number of unbranched alkanes of at least 4 members (excludes halogenated alkanes) is 7. The molecule has 5 heteroatoms. The second-order valence-corrected chi connectivity index (χ2v) is 9.01. The minimum absolute atomic E-state index is 0.679. The van der Waals surface area contributed by atoms with Gasteiger partial charge < -0.3 is 20.7 Å². The third-order valence-corrected chi connectivity index (χ3v) is 5.96. The number of benzene rings is 1. The van der Waals surface area contributed by atoms with Crippen LogP contribution in [0.15, 0.2) is 29.3 Å². The van der Waals surface area contributed by atoms with E-state index in [-0.39, 0.29) is 0 Å². The molecule has 1 unspecified atom stereocenters. The molecule has 2 rings (SSSR count). The molecule has 0 aliphatic carbocycles. The monoisotopic (exact) mass is 430 g/mol. The topological polar surface area (TPSA) is 62.9 Å². The summed E-state index contributed by atoms with van der Waals surface area (Å²) in [7, 11) is 0. The quantitative estimate of drug-likeness (QED) is 0.214. The van der Waals surface area contributed by atoms with Crippen molar-refractivity contribution >= 4 is 11.6 Å². The first-order valence-corrected chi connectivity index (χ1v) is 12.7. The normalized spacial score (nSPS) is 17.1. The summed E-state index contributed by atoms with van der Waals surface area (Å²) in [5.41, 5.74) is 6.72. The Balaban J connectivity index is 1.74. The maximum atomic E-state index is 5.94. The van der Waals surface area contributed by atoms with Crippen LogP contribution in [0.3, 0.4) is 0 Å². The van der Waals surface area contributed by atoms with Gasteiger partial charge in [-0.3, -0.25) is 4.99 Å². The van der Waals surface area contributed by atoms with Gasteiger partial charge in [-0.05, 0) is 62.4 Å². The highest BCUT2D eigenvalue weighted by Crippen LogP contribution is 2.20. The molecule has 0 aromatic heterocycles. The average Bonchev–Trinajstić information content (AvgIpc) is 2.78. The zero-order chi connectivity index (χ0) is 22.2. The molecule has 1 aromatic carbocycles. The Labute approximate surface area is 190 Å². The van der Waals surface area contributed by atoms with Crippen LogP contribution in [-0.2, 0) is 0 Å². The van der Waals surface area contributed by atoms with Crippen LogP contribution in [0.5, 0.6) is 5.75 Å². The molecule has 1 atom stereocenters. The van der Waals surface area contributed by atoms with E-state index in [0.29, 0.717) is 12.5 Å². The molecule has 0 saturated carbocycles. The lowest BCUT2D eigenvalue weighted by molar-refractivity contribution is 0.272. The highest BCUT2D eigenvalue weighted by molar-refractivity contribution is 5.93. The van der Waals surface area contributed by atoms with E-state index < -0.39 is 0 Å². The molecule has 1 aliphatic rings. The highest BCUT2D eigenvalue weighted by Gasteiger charge is 2.19. The molecule has 0 radical (unpaired) electrons. The van der Waals surface area contributed by atoms with Gasteiger partial charge in [0.1, 0.15) is 5.75 Å². The number of rotatable bonds is 14. The number of hydrogen-bond donors (Lipinski definition) is 2. The third-order valence-electron chi connectivity index (χ3n) is 5.96. The molecule has 1 saturated heterocycles. The maximum absolute atomic E-state index is 5.94. The summed E-state index contributed by atoms with van der Waals surface area (Å²) in [6.45, 7) is 8.97. The summed E-state index contributed by atoms with van der Waals surface area (Å²) in [5.74, 6) is 2.64. The first kappa shape index (κ1) is 25.5. The molecular formula is C26H46N4O. The van der Waals surface area contributed by atoms with Crippen LogP contribution in [0, 0.1) is 5.92 Å². The Kier molecular flexibility index (Phi) is 13.1. The zero-order valence-electron chi connectivity index (χ0n) is 20.1. The average molecular weight is 431 g/mol. The number of aliphatic imine (C=N–C) groups is 1. The second-order valence-electron chi connectivity index (χ2n) is 9.01. The lowest BCUT2D eigenvalue weighted by atomic mass is 10.0. The van der Waals surface area contributed by atoms with E-state index in [0.717, 1.165) is 56.5 Å². The van der Waals surface area contributed by atoms with Crippen molar-refractivity contribution in [3.05, 3.63) is 24.3 Å². The van der Waals surface area contributed by atoms with Crippen LogP contribution in [0.2, 0.25) is 0 Å². The van der Waals surface area contributed by atoms with Gasteiger partial charge in [0.15, 0.2) is 5.96 Å². The van der Waals surface area contributed by atoms with Crippen LogP contribution in [0.1, 0.15) is 84.5 Å². The molecule has 5 nitrogen and oxygen atoms in total. The molecule has 1 fully saturated rings. The van der Waals surface area contributed by atoms with Gasteiger partial charge in [0.25, 0.3) is 0 Å². The van der Waals surface area contributed by atoms with E-state index in [1.54, 1.807) is 0 Å². The summed E-state index contributed by atoms with van der Waals surface area (Å²) >= 11 is 0. The predicted octanol–water partition coefficient (Wildman–Crippen LogP) is 6.05. The largest absolute Gasteiger partial charge is 0.494 e. The van der Waals surface area contributed by atoms with Crippen molar-refractivity contribution in [1.29, 1.82) is 0 Å². The van der Waals surface area contributed by atoms with Gasteiger partial charge in [-0.15, -0.1) is 0 Å². The molecule has 0 amide bonds. The SMILES string of the molecule is CCCCCCCCCCOc1ccc(NC(=NCCCN)N2CCCC(C)C2)cc1. The standard InChI is InChI=1S/C26H46N4O/c1-3-4-5-6-7-8-9-10-21-31-25-16-14-24(15-17-25)29-26(28-19-12-18-27)30-20-11-13-23(2)22-30/h14-17,23H,3-13,18-22,27H2,1-2H3,(H,28,29). The van der Waals surface area contributed by atoms with Gasteiger partial charge in [0, 0.05) is 25.3 Å². The summed E-state index contributed by atoms with van der Waals surface area (Å²) in [6, 6.07) is 8.30. The molecule has 1 aliphatic heterocycles. The van der Waals surface area contributed by atoms with Crippen molar-refractivity contribution in [3.63, 3.8) is 0 Å². The van der Waals surface area contributed by atoms with E-state index in [2.05, 4.69) is 48.3 Å². The second kappa shape index (κ2) is 16.0. The number of nitrogens with two attached hydrogens (primary N) is 1. The number of guanidine groups is 1. The molecule has 0 spiro atoms. The minimum Gasteiger partial charge on any atom is -0.494 e. The van der Waals surface area contributed by atoms with Crippen LogP contribution in [0.25, 0.3) is 0 Å². The summed E-state index contributed by atoms with van der Waals surface area (Å²) in [4.78, 5) is 7.20. The maximum Gasteiger partial charge on any atom is 0.198 e. The van der Waals surface area contributed by atoms with Crippen LogP contribution < -0.4 is 15.8 Å². The summed E-state index contributed by atoms with van der Waals surface area (Å²) in [5, 5.41) is 3.54. The molecular weight excluding hydrogens is 384 g/mol. The number of anilines is 1. The Morgan fingerprint density at radius 2 is 1.77 bits per heavy atom. The molecule has 0 bridgehead atoms. The van der Waals surface area contributed by atoms with Crippen molar-refractivity contribution in [2.45, 2.75) is 84.5 Å². The van der Waals surface area contributed by atoms with E-state index in [1.165, 1.54) is 57.8 Å². The molecule has 31 heavy (non-hydrogen) atoms. The fourth-order valence-electron chi connectivity index (χ4n) is 4.07. The summed E-state index contributed by atoms with van der Waals surface area (Å²) in [6.07, 6.45) is 14.0. The lowest BCUT2D eigenvalue weighted by Gasteiger charge is -2.33. The number of hydrogen-bond acceptors (Lipinski definition) is 3. The van der Waals surface area contributed by atoms with Gasteiger partial charge in [0.2, 0.25) is 0 Å². The molecule has 176 valence electrons. The van der Waals surface area contributed by atoms with Crippen molar-refractivity contribution < 1.29 is 4.74 Å². The number of nitrogens with zero attached hydrogens (tertiary/aromatic N) is 2. The lowest BCUT2D eigenvalue weighted by Crippen LogP contribution is -2.43. The number of nitrogens with one attached hydrogen (secondary N) is 1. The highest BCUT2D eigenvalue weighted by atomic mass is 16.5.